The normalized spacial score (nSPS) is 10.4. The lowest BCUT2D eigenvalue weighted by molar-refractivity contribution is 0.448. The Kier molecular flexibility index (Phi) is 4.07. The first-order valence-electron chi connectivity index (χ1n) is 5.44. The van der Waals surface area contributed by atoms with E-state index in [0.717, 1.165) is 5.56 Å². The van der Waals surface area contributed by atoms with Crippen molar-refractivity contribution in [1.29, 1.82) is 0 Å². The Labute approximate surface area is 110 Å². The van der Waals surface area contributed by atoms with Crippen molar-refractivity contribution in [3.63, 3.8) is 0 Å². The monoisotopic (exact) mass is 264 g/mol. The van der Waals surface area contributed by atoms with Crippen LogP contribution in [0.15, 0.2) is 24.7 Å². The van der Waals surface area contributed by atoms with Gasteiger partial charge in [0.15, 0.2) is 0 Å². The third-order valence-electron chi connectivity index (χ3n) is 2.21. The summed E-state index contributed by atoms with van der Waals surface area (Å²) in [4.78, 5) is 12.4. The third-order valence-corrected chi connectivity index (χ3v) is 2.41. The van der Waals surface area contributed by atoms with Crippen LogP contribution in [0.4, 0.5) is 0 Å². The first-order valence-corrected chi connectivity index (χ1v) is 5.82. The molecule has 6 heteroatoms. The molecule has 0 aliphatic heterocycles. The summed E-state index contributed by atoms with van der Waals surface area (Å²) in [5.41, 5.74) is 0.878. The van der Waals surface area contributed by atoms with E-state index in [-0.39, 0.29) is 0 Å². The van der Waals surface area contributed by atoms with Crippen LogP contribution >= 0.6 is 11.6 Å². The van der Waals surface area contributed by atoms with Crippen LogP contribution < -0.4 is 10.1 Å². The fourth-order valence-electron chi connectivity index (χ4n) is 1.43. The van der Waals surface area contributed by atoms with Crippen LogP contribution in [0.1, 0.15) is 11.4 Å². The summed E-state index contributed by atoms with van der Waals surface area (Å²) < 4.78 is 5.69. The number of halogens is 1. The minimum atomic E-state index is 0.515. The fourth-order valence-corrected chi connectivity index (χ4v) is 1.60. The molecule has 0 amide bonds. The van der Waals surface area contributed by atoms with E-state index in [1.807, 2.05) is 14.0 Å². The molecule has 2 heterocycles. The molecule has 2 rings (SSSR count). The van der Waals surface area contributed by atoms with Gasteiger partial charge in [-0.2, -0.15) is 4.98 Å². The number of aryl methyl sites for hydroxylation is 1. The van der Waals surface area contributed by atoms with Crippen LogP contribution in [-0.4, -0.2) is 22.0 Å². The smallest absolute Gasteiger partial charge is 0.227 e. The molecule has 1 N–H and O–H groups in total. The van der Waals surface area contributed by atoms with Crippen molar-refractivity contribution in [2.24, 2.45) is 0 Å². The van der Waals surface area contributed by atoms with Crippen LogP contribution in [0.25, 0.3) is 0 Å². The Bertz CT molecular complexity index is 547. The van der Waals surface area contributed by atoms with E-state index < -0.39 is 0 Å². The maximum atomic E-state index is 5.86. The van der Waals surface area contributed by atoms with E-state index in [9.17, 15) is 0 Å². The molecule has 0 bridgehead atoms. The summed E-state index contributed by atoms with van der Waals surface area (Å²) in [6.07, 6.45) is 4.88. The Morgan fingerprint density at radius 3 is 2.89 bits per heavy atom. The molecule has 0 aliphatic carbocycles. The van der Waals surface area contributed by atoms with Gasteiger partial charge in [-0.05, 0) is 14.0 Å². The maximum absolute atomic E-state index is 5.86. The highest BCUT2D eigenvalue weighted by molar-refractivity contribution is 6.30. The molecule has 18 heavy (non-hydrogen) atoms. The lowest BCUT2D eigenvalue weighted by Crippen LogP contribution is -2.08. The molecule has 0 saturated carbocycles. The van der Waals surface area contributed by atoms with Crippen molar-refractivity contribution in [3.05, 3.63) is 41.1 Å². The van der Waals surface area contributed by atoms with Gasteiger partial charge in [-0.15, -0.1) is 0 Å². The van der Waals surface area contributed by atoms with Gasteiger partial charge in [-0.1, -0.05) is 11.6 Å². The highest BCUT2D eigenvalue weighted by Gasteiger charge is 2.08. The Hall–Kier alpha value is -1.72. The molecule has 0 aromatic carbocycles. The number of hydrogen-bond donors (Lipinski definition) is 1. The van der Waals surface area contributed by atoms with E-state index in [1.54, 1.807) is 24.7 Å². The average molecular weight is 265 g/mol. The summed E-state index contributed by atoms with van der Waals surface area (Å²) in [6.45, 7) is 2.44. The molecule has 2 aromatic heterocycles. The van der Waals surface area contributed by atoms with Crippen molar-refractivity contribution in [3.8, 4) is 11.6 Å². The number of pyridine rings is 1. The standard InChI is InChI=1S/C12H13ClN4O/c1-8-16-5-9(4-14-2)12(17-8)18-11-3-10(13)6-15-7-11/h3,5-7,14H,4H2,1-2H3. The number of rotatable bonds is 4. The SMILES string of the molecule is CNCc1cnc(C)nc1Oc1cncc(Cl)c1. The van der Waals surface area contributed by atoms with E-state index >= 15 is 0 Å². The predicted molar refractivity (Wildman–Crippen MR) is 68.9 cm³/mol. The van der Waals surface area contributed by atoms with E-state index in [2.05, 4.69) is 20.3 Å². The molecular weight excluding hydrogens is 252 g/mol. The van der Waals surface area contributed by atoms with Gasteiger partial charge in [-0.25, -0.2) is 4.98 Å². The maximum Gasteiger partial charge on any atom is 0.227 e. The van der Waals surface area contributed by atoms with Crippen molar-refractivity contribution in [2.75, 3.05) is 7.05 Å². The van der Waals surface area contributed by atoms with Crippen LogP contribution in [0.5, 0.6) is 11.6 Å². The van der Waals surface area contributed by atoms with Crippen LogP contribution in [0, 0.1) is 6.92 Å². The lowest BCUT2D eigenvalue weighted by Gasteiger charge is -2.09. The van der Waals surface area contributed by atoms with Gasteiger partial charge in [0.2, 0.25) is 5.88 Å². The van der Waals surface area contributed by atoms with Gasteiger partial charge in [0, 0.05) is 30.6 Å². The Balaban J connectivity index is 2.29. The van der Waals surface area contributed by atoms with Gasteiger partial charge in [-0.3, -0.25) is 4.98 Å². The zero-order chi connectivity index (χ0) is 13.0. The third kappa shape index (κ3) is 3.15. The second kappa shape index (κ2) is 5.75. The second-order valence-corrected chi connectivity index (χ2v) is 4.16. The molecular formula is C12H13ClN4O. The van der Waals surface area contributed by atoms with Crippen molar-refractivity contribution >= 4 is 11.6 Å². The fraction of sp³-hybridized carbons (Fsp3) is 0.250. The minimum Gasteiger partial charge on any atom is -0.437 e. The number of hydrogen-bond acceptors (Lipinski definition) is 5. The lowest BCUT2D eigenvalue weighted by atomic mass is 10.3. The quantitative estimate of drug-likeness (QED) is 0.919. The Morgan fingerprint density at radius 2 is 2.17 bits per heavy atom. The largest absolute Gasteiger partial charge is 0.437 e. The van der Waals surface area contributed by atoms with Crippen molar-refractivity contribution < 1.29 is 4.74 Å². The highest BCUT2D eigenvalue weighted by atomic mass is 35.5. The highest BCUT2D eigenvalue weighted by Crippen LogP contribution is 2.24. The molecule has 0 unspecified atom stereocenters. The van der Waals surface area contributed by atoms with Crippen molar-refractivity contribution in [2.45, 2.75) is 13.5 Å². The predicted octanol–water partition coefficient (Wildman–Crippen LogP) is 2.35. The summed E-state index contributed by atoms with van der Waals surface area (Å²) in [5.74, 6) is 1.72. The van der Waals surface area contributed by atoms with E-state index in [1.165, 1.54) is 0 Å². The summed E-state index contributed by atoms with van der Waals surface area (Å²) >= 11 is 5.86. The molecule has 5 nitrogen and oxygen atoms in total. The Morgan fingerprint density at radius 1 is 1.33 bits per heavy atom. The van der Waals surface area contributed by atoms with E-state index in [4.69, 9.17) is 16.3 Å². The van der Waals surface area contributed by atoms with Crippen molar-refractivity contribution in [1.82, 2.24) is 20.3 Å². The number of aromatic nitrogens is 3. The average Bonchev–Trinajstić information content (AvgIpc) is 2.33. The van der Waals surface area contributed by atoms with Crippen LogP contribution in [0.3, 0.4) is 0 Å². The first kappa shape index (κ1) is 12.7. The zero-order valence-electron chi connectivity index (χ0n) is 10.1. The molecule has 0 radical (unpaired) electrons. The van der Waals surface area contributed by atoms with Gasteiger partial charge in [0.25, 0.3) is 0 Å². The first-order chi connectivity index (χ1) is 8.69. The molecule has 0 saturated heterocycles. The van der Waals surface area contributed by atoms with Gasteiger partial charge >= 0.3 is 0 Å². The number of ether oxygens (including phenoxy) is 1. The second-order valence-electron chi connectivity index (χ2n) is 3.72. The van der Waals surface area contributed by atoms with Gasteiger partial charge < -0.3 is 10.1 Å². The number of nitrogens with zero attached hydrogens (tertiary/aromatic N) is 3. The van der Waals surface area contributed by atoms with Gasteiger partial charge in [0.05, 0.1) is 11.2 Å². The molecule has 94 valence electrons. The molecule has 0 fully saturated rings. The zero-order valence-corrected chi connectivity index (χ0v) is 10.9. The summed E-state index contributed by atoms with van der Waals surface area (Å²) in [6, 6.07) is 1.69. The molecule has 0 aliphatic rings. The topological polar surface area (TPSA) is 59.9 Å². The van der Waals surface area contributed by atoms with Crippen LogP contribution in [0.2, 0.25) is 5.02 Å². The minimum absolute atomic E-state index is 0.515. The van der Waals surface area contributed by atoms with Gasteiger partial charge in [0.1, 0.15) is 11.6 Å². The van der Waals surface area contributed by atoms with E-state index in [0.29, 0.717) is 29.0 Å². The molecule has 0 atom stereocenters. The summed E-state index contributed by atoms with van der Waals surface area (Å²) in [7, 11) is 1.85. The molecule has 0 spiro atoms. The summed E-state index contributed by atoms with van der Waals surface area (Å²) in [5, 5.41) is 3.56. The van der Waals surface area contributed by atoms with Crippen LogP contribution in [-0.2, 0) is 6.54 Å². The molecule has 2 aromatic rings. The number of nitrogens with one attached hydrogen (secondary N) is 1.